The maximum atomic E-state index is 12.4. The van der Waals surface area contributed by atoms with Crippen molar-refractivity contribution < 1.29 is 24.0 Å². The van der Waals surface area contributed by atoms with Crippen molar-refractivity contribution in [3.8, 4) is 0 Å². The highest BCUT2D eigenvalue weighted by atomic mass is 16.6. The lowest BCUT2D eigenvalue weighted by Gasteiger charge is -2.20. The molecule has 0 saturated heterocycles. The number of rotatable bonds is 9. The average molecular weight is 413 g/mol. The van der Waals surface area contributed by atoms with E-state index >= 15 is 0 Å². The van der Waals surface area contributed by atoms with Crippen molar-refractivity contribution in [2.24, 2.45) is 5.92 Å². The van der Waals surface area contributed by atoms with Crippen LogP contribution in [0.3, 0.4) is 0 Å². The van der Waals surface area contributed by atoms with E-state index in [-0.39, 0.29) is 23.9 Å². The molecule has 9 heteroatoms. The minimum absolute atomic E-state index is 0.106. The summed E-state index contributed by atoms with van der Waals surface area (Å²) < 4.78 is 5.04. The number of benzene rings is 2. The first kappa shape index (κ1) is 22.5. The van der Waals surface area contributed by atoms with Crippen molar-refractivity contribution >= 4 is 29.2 Å². The molecule has 1 atom stereocenters. The molecule has 158 valence electrons. The van der Waals surface area contributed by atoms with Crippen LogP contribution >= 0.6 is 0 Å². The lowest BCUT2D eigenvalue weighted by molar-refractivity contribution is -0.384. The van der Waals surface area contributed by atoms with E-state index in [1.54, 1.807) is 13.8 Å². The summed E-state index contributed by atoms with van der Waals surface area (Å²) in [5, 5.41) is 15.8. The van der Waals surface area contributed by atoms with E-state index in [0.29, 0.717) is 5.69 Å². The fourth-order valence-corrected chi connectivity index (χ4v) is 2.59. The van der Waals surface area contributed by atoms with Crippen LogP contribution in [-0.2, 0) is 25.5 Å². The summed E-state index contributed by atoms with van der Waals surface area (Å²) in [6, 6.07) is 13.5. The van der Waals surface area contributed by atoms with Gasteiger partial charge in [0.1, 0.15) is 6.04 Å². The lowest BCUT2D eigenvalue weighted by Crippen LogP contribution is -2.46. The molecule has 0 aromatic heterocycles. The number of ether oxygens (including phenoxy) is 1. The van der Waals surface area contributed by atoms with Gasteiger partial charge in [0, 0.05) is 17.8 Å². The zero-order valence-electron chi connectivity index (χ0n) is 16.7. The standard InChI is InChI=1S/C21H23N3O6/c1-14(2)20(23-18(25)12-15-6-4-3-5-7-15)21(27)30-13-19(26)22-16-8-10-17(11-9-16)24(28)29/h3-11,14,20H,12-13H2,1-2H3,(H,22,26)(H,23,25)/t20-/m0/s1. The van der Waals surface area contributed by atoms with Crippen LogP contribution < -0.4 is 10.6 Å². The maximum absolute atomic E-state index is 12.4. The van der Waals surface area contributed by atoms with Gasteiger partial charge in [-0.3, -0.25) is 19.7 Å². The zero-order chi connectivity index (χ0) is 22.1. The lowest BCUT2D eigenvalue weighted by atomic mass is 10.0. The first-order valence-electron chi connectivity index (χ1n) is 9.30. The fourth-order valence-electron chi connectivity index (χ4n) is 2.59. The van der Waals surface area contributed by atoms with Crippen LogP contribution in [0.25, 0.3) is 0 Å². The van der Waals surface area contributed by atoms with Crippen LogP contribution in [0.4, 0.5) is 11.4 Å². The van der Waals surface area contributed by atoms with E-state index in [4.69, 9.17) is 4.74 Å². The van der Waals surface area contributed by atoms with Gasteiger partial charge < -0.3 is 15.4 Å². The first-order valence-corrected chi connectivity index (χ1v) is 9.30. The zero-order valence-corrected chi connectivity index (χ0v) is 16.7. The number of amides is 2. The summed E-state index contributed by atoms with van der Waals surface area (Å²) >= 11 is 0. The van der Waals surface area contributed by atoms with Crippen LogP contribution in [0.2, 0.25) is 0 Å². The van der Waals surface area contributed by atoms with Gasteiger partial charge in [0.25, 0.3) is 11.6 Å². The van der Waals surface area contributed by atoms with Gasteiger partial charge in [0.05, 0.1) is 11.3 Å². The second-order valence-corrected chi connectivity index (χ2v) is 6.91. The topological polar surface area (TPSA) is 128 Å². The van der Waals surface area contributed by atoms with Gasteiger partial charge in [-0.25, -0.2) is 4.79 Å². The second kappa shape index (κ2) is 10.7. The second-order valence-electron chi connectivity index (χ2n) is 6.91. The molecule has 0 saturated carbocycles. The van der Waals surface area contributed by atoms with Crippen molar-refractivity contribution in [2.75, 3.05) is 11.9 Å². The third kappa shape index (κ3) is 7.01. The van der Waals surface area contributed by atoms with E-state index in [2.05, 4.69) is 10.6 Å². The first-order chi connectivity index (χ1) is 14.3. The molecule has 2 amide bonds. The summed E-state index contributed by atoms with van der Waals surface area (Å²) in [6.07, 6.45) is 0.123. The van der Waals surface area contributed by atoms with Gasteiger partial charge in [-0.05, 0) is 23.6 Å². The Morgan fingerprint density at radius 1 is 1.00 bits per heavy atom. The molecule has 2 aromatic rings. The number of hydrogen-bond acceptors (Lipinski definition) is 6. The van der Waals surface area contributed by atoms with Gasteiger partial charge in [0.2, 0.25) is 5.91 Å². The summed E-state index contributed by atoms with van der Waals surface area (Å²) in [5.74, 6) is -1.89. The smallest absolute Gasteiger partial charge is 0.329 e. The molecule has 2 aromatic carbocycles. The molecule has 0 fully saturated rings. The number of nitrogens with zero attached hydrogens (tertiary/aromatic N) is 1. The average Bonchev–Trinajstić information content (AvgIpc) is 2.71. The largest absolute Gasteiger partial charge is 0.454 e. The maximum Gasteiger partial charge on any atom is 0.329 e. The highest BCUT2D eigenvalue weighted by molar-refractivity contribution is 5.93. The van der Waals surface area contributed by atoms with Gasteiger partial charge in [0.15, 0.2) is 6.61 Å². The number of carbonyl (C=O) groups excluding carboxylic acids is 3. The van der Waals surface area contributed by atoms with Gasteiger partial charge in [-0.15, -0.1) is 0 Å². The van der Waals surface area contributed by atoms with Crippen LogP contribution in [-0.4, -0.2) is 35.4 Å². The number of non-ortho nitro benzene ring substituents is 1. The summed E-state index contributed by atoms with van der Waals surface area (Å²) in [6.45, 7) is 2.96. The molecule has 0 spiro atoms. The van der Waals surface area contributed by atoms with E-state index < -0.39 is 29.4 Å². The SMILES string of the molecule is CC(C)[C@H](NC(=O)Cc1ccccc1)C(=O)OCC(=O)Nc1ccc([N+](=O)[O-])cc1. The molecule has 0 bridgehead atoms. The van der Waals surface area contributed by atoms with Crippen LogP contribution in [0.5, 0.6) is 0 Å². The Labute approximate surface area is 173 Å². The molecule has 0 aliphatic heterocycles. The van der Waals surface area contributed by atoms with Crippen molar-refractivity contribution in [1.82, 2.24) is 5.32 Å². The Morgan fingerprint density at radius 2 is 1.63 bits per heavy atom. The number of nitro groups is 1. The molecule has 0 heterocycles. The molecule has 2 N–H and O–H groups in total. The fraction of sp³-hybridized carbons (Fsp3) is 0.286. The molecule has 0 aliphatic rings. The Kier molecular flexibility index (Phi) is 8.04. The van der Waals surface area contributed by atoms with Gasteiger partial charge in [-0.1, -0.05) is 44.2 Å². The molecular weight excluding hydrogens is 390 g/mol. The van der Waals surface area contributed by atoms with Crippen molar-refractivity contribution in [1.29, 1.82) is 0 Å². The number of nitrogens with one attached hydrogen (secondary N) is 2. The molecule has 2 rings (SSSR count). The summed E-state index contributed by atoms with van der Waals surface area (Å²) in [7, 11) is 0. The molecule has 0 radical (unpaired) electrons. The minimum atomic E-state index is -0.895. The Balaban J connectivity index is 1.85. The monoisotopic (exact) mass is 413 g/mol. The Morgan fingerprint density at radius 3 is 2.20 bits per heavy atom. The van der Waals surface area contributed by atoms with Gasteiger partial charge >= 0.3 is 5.97 Å². The number of carbonyl (C=O) groups is 3. The summed E-state index contributed by atoms with van der Waals surface area (Å²) in [5.41, 5.74) is 1.04. The molecular formula is C21H23N3O6. The Hall–Kier alpha value is -3.75. The predicted molar refractivity (Wildman–Crippen MR) is 110 cm³/mol. The quantitative estimate of drug-likeness (QED) is 0.369. The third-order valence-electron chi connectivity index (χ3n) is 4.15. The highest BCUT2D eigenvalue weighted by Gasteiger charge is 2.26. The Bertz CT molecular complexity index is 897. The number of nitro benzene ring substituents is 1. The van der Waals surface area contributed by atoms with Crippen LogP contribution in [0, 0.1) is 16.0 Å². The highest BCUT2D eigenvalue weighted by Crippen LogP contribution is 2.15. The normalized spacial score (nSPS) is 11.4. The molecule has 9 nitrogen and oxygen atoms in total. The third-order valence-corrected chi connectivity index (χ3v) is 4.15. The summed E-state index contributed by atoms with van der Waals surface area (Å²) in [4.78, 5) is 46.7. The van der Waals surface area contributed by atoms with Crippen molar-refractivity contribution in [2.45, 2.75) is 26.3 Å². The van der Waals surface area contributed by atoms with Gasteiger partial charge in [-0.2, -0.15) is 0 Å². The van der Waals surface area contributed by atoms with Crippen molar-refractivity contribution in [3.63, 3.8) is 0 Å². The van der Waals surface area contributed by atoms with E-state index in [9.17, 15) is 24.5 Å². The van der Waals surface area contributed by atoms with Crippen LogP contribution in [0.1, 0.15) is 19.4 Å². The van der Waals surface area contributed by atoms with E-state index in [1.807, 2.05) is 30.3 Å². The predicted octanol–water partition coefficient (Wildman–Crippen LogP) is 2.46. The number of anilines is 1. The molecule has 0 aliphatic carbocycles. The van der Waals surface area contributed by atoms with Crippen LogP contribution in [0.15, 0.2) is 54.6 Å². The van der Waals surface area contributed by atoms with E-state index in [0.717, 1.165) is 5.56 Å². The van der Waals surface area contributed by atoms with E-state index in [1.165, 1.54) is 24.3 Å². The molecule has 30 heavy (non-hydrogen) atoms. The molecule has 0 unspecified atom stereocenters. The van der Waals surface area contributed by atoms with Crippen molar-refractivity contribution in [3.05, 3.63) is 70.3 Å². The number of esters is 1. The number of hydrogen-bond donors (Lipinski definition) is 2. The minimum Gasteiger partial charge on any atom is -0.454 e.